The van der Waals surface area contributed by atoms with Gasteiger partial charge >= 0.3 is 0 Å². The van der Waals surface area contributed by atoms with Crippen LogP contribution >= 0.6 is 0 Å². The van der Waals surface area contributed by atoms with Crippen molar-refractivity contribution in [2.45, 2.75) is 6.54 Å². The quantitative estimate of drug-likeness (QED) is 0.633. The first kappa shape index (κ1) is 9.42. The minimum atomic E-state index is 0.352. The van der Waals surface area contributed by atoms with Gasteiger partial charge in [-0.1, -0.05) is 0 Å². The lowest BCUT2D eigenvalue weighted by Crippen LogP contribution is -2.44. The van der Waals surface area contributed by atoms with E-state index in [1.54, 1.807) is 11.0 Å². The molecule has 1 aromatic heterocycles. The van der Waals surface area contributed by atoms with Crippen LogP contribution in [-0.4, -0.2) is 52.4 Å². The summed E-state index contributed by atoms with van der Waals surface area (Å²) in [4.78, 5) is 6.29. The van der Waals surface area contributed by atoms with Gasteiger partial charge in [-0.2, -0.15) is 0 Å². The highest BCUT2D eigenvalue weighted by atomic mass is 15.4. The fraction of sp³-hybridized carbons (Fsp3) is 0.750. The Morgan fingerprint density at radius 3 is 2.79 bits per heavy atom. The Bertz CT molecular complexity index is 277. The van der Waals surface area contributed by atoms with E-state index in [9.17, 15) is 0 Å². The number of nitrogens with zero attached hydrogens (tertiary/aromatic N) is 4. The van der Waals surface area contributed by atoms with Crippen molar-refractivity contribution in [3.8, 4) is 0 Å². The van der Waals surface area contributed by atoms with Crippen LogP contribution < -0.4 is 11.1 Å². The Hall–Kier alpha value is -1.14. The van der Waals surface area contributed by atoms with Crippen LogP contribution in [0, 0.1) is 0 Å². The SMILES string of the molecule is Nc1ncn(CCN2CCNCC2)n1. The number of anilines is 1. The van der Waals surface area contributed by atoms with Gasteiger partial charge in [-0.25, -0.2) is 9.67 Å². The maximum Gasteiger partial charge on any atom is 0.239 e. The van der Waals surface area contributed by atoms with Gasteiger partial charge in [-0.05, 0) is 0 Å². The Kier molecular flexibility index (Phi) is 2.95. The van der Waals surface area contributed by atoms with Crippen molar-refractivity contribution in [2.24, 2.45) is 0 Å². The molecule has 0 atom stereocenters. The highest BCUT2D eigenvalue weighted by molar-refractivity contribution is 5.09. The molecule has 1 aromatic rings. The summed E-state index contributed by atoms with van der Waals surface area (Å²) in [6.07, 6.45) is 1.68. The smallest absolute Gasteiger partial charge is 0.239 e. The van der Waals surface area contributed by atoms with E-state index in [1.807, 2.05) is 0 Å². The molecule has 78 valence electrons. The molecule has 0 spiro atoms. The Morgan fingerprint density at radius 1 is 1.36 bits per heavy atom. The fourth-order valence-corrected chi connectivity index (χ4v) is 1.60. The summed E-state index contributed by atoms with van der Waals surface area (Å²) < 4.78 is 1.79. The van der Waals surface area contributed by atoms with Crippen molar-refractivity contribution in [1.82, 2.24) is 25.0 Å². The molecule has 14 heavy (non-hydrogen) atoms. The van der Waals surface area contributed by atoms with Gasteiger partial charge in [-0.15, -0.1) is 5.10 Å². The van der Waals surface area contributed by atoms with Gasteiger partial charge in [0.15, 0.2) is 0 Å². The molecular formula is C8H16N6. The van der Waals surface area contributed by atoms with Crippen molar-refractivity contribution < 1.29 is 0 Å². The van der Waals surface area contributed by atoms with Crippen molar-refractivity contribution in [2.75, 3.05) is 38.5 Å². The summed E-state index contributed by atoms with van der Waals surface area (Å²) in [5, 5.41) is 7.36. The van der Waals surface area contributed by atoms with Gasteiger partial charge in [0, 0.05) is 32.7 Å². The van der Waals surface area contributed by atoms with E-state index in [0.29, 0.717) is 5.95 Å². The first-order valence-electron chi connectivity index (χ1n) is 4.92. The van der Waals surface area contributed by atoms with Crippen molar-refractivity contribution in [1.29, 1.82) is 0 Å². The average Bonchev–Trinajstić information content (AvgIpc) is 2.63. The number of hydrogen-bond acceptors (Lipinski definition) is 5. The zero-order valence-corrected chi connectivity index (χ0v) is 8.19. The minimum absolute atomic E-state index is 0.352. The lowest BCUT2D eigenvalue weighted by Gasteiger charge is -2.26. The third-order valence-corrected chi connectivity index (χ3v) is 2.41. The second-order valence-corrected chi connectivity index (χ2v) is 3.46. The molecule has 0 radical (unpaired) electrons. The monoisotopic (exact) mass is 196 g/mol. The van der Waals surface area contributed by atoms with Gasteiger partial charge in [-0.3, -0.25) is 4.90 Å². The minimum Gasteiger partial charge on any atom is -0.367 e. The molecule has 6 nitrogen and oxygen atoms in total. The molecule has 6 heteroatoms. The zero-order chi connectivity index (χ0) is 9.80. The molecule has 3 N–H and O–H groups in total. The Balaban J connectivity index is 1.76. The number of hydrogen-bond donors (Lipinski definition) is 2. The van der Waals surface area contributed by atoms with Crippen LogP contribution in [0.2, 0.25) is 0 Å². The third kappa shape index (κ3) is 2.43. The van der Waals surface area contributed by atoms with Crippen LogP contribution in [0.15, 0.2) is 6.33 Å². The molecule has 2 heterocycles. The summed E-state index contributed by atoms with van der Waals surface area (Å²) in [5.41, 5.74) is 5.42. The highest BCUT2D eigenvalue weighted by Gasteiger charge is 2.08. The average molecular weight is 196 g/mol. The molecule has 1 saturated heterocycles. The van der Waals surface area contributed by atoms with Gasteiger partial charge in [0.1, 0.15) is 6.33 Å². The van der Waals surface area contributed by atoms with Gasteiger partial charge < -0.3 is 11.1 Å². The molecule has 1 fully saturated rings. The van der Waals surface area contributed by atoms with Crippen molar-refractivity contribution in [3.63, 3.8) is 0 Å². The van der Waals surface area contributed by atoms with E-state index in [4.69, 9.17) is 5.73 Å². The summed E-state index contributed by atoms with van der Waals surface area (Å²) in [5.74, 6) is 0.352. The highest BCUT2D eigenvalue weighted by Crippen LogP contribution is 1.94. The van der Waals surface area contributed by atoms with E-state index in [2.05, 4.69) is 20.3 Å². The number of nitrogens with one attached hydrogen (secondary N) is 1. The largest absolute Gasteiger partial charge is 0.367 e. The fourth-order valence-electron chi connectivity index (χ4n) is 1.60. The van der Waals surface area contributed by atoms with Gasteiger partial charge in [0.25, 0.3) is 0 Å². The molecular weight excluding hydrogens is 180 g/mol. The zero-order valence-electron chi connectivity index (χ0n) is 8.19. The van der Waals surface area contributed by atoms with Crippen molar-refractivity contribution >= 4 is 5.95 Å². The second-order valence-electron chi connectivity index (χ2n) is 3.46. The molecule has 0 amide bonds. The number of nitrogen functional groups attached to an aromatic ring is 1. The second kappa shape index (κ2) is 4.39. The van der Waals surface area contributed by atoms with Gasteiger partial charge in [0.2, 0.25) is 5.95 Å². The van der Waals surface area contributed by atoms with Crippen LogP contribution in [-0.2, 0) is 6.54 Å². The third-order valence-electron chi connectivity index (χ3n) is 2.41. The molecule has 0 unspecified atom stereocenters. The number of piperazine rings is 1. The van der Waals surface area contributed by atoms with Gasteiger partial charge in [0.05, 0.1) is 6.54 Å². The Morgan fingerprint density at radius 2 is 2.14 bits per heavy atom. The van der Waals surface area contributed by atoms with Crippen LogP contribution in [0.3, 0.4) is 0 Å². The molecule has 1 aliphatic rings. The van der Waals surface area contributed by atoms with Crippen molar-refractivity contribution in [3.05, 3.63) is 6.33 Å². The molecule has 2 rings (SSSR count). The number of rotatable bonds is 3. The van der Waals surface area contributed by atoms with E-state index in [1.165, 1.54) is 0 Å². The first-order valence-corrected chi connectivity index (χ1v) is 4.92. The first-order chi connectivity index (χ1) is 6.84. The Labute approximate surface area is 83.1 Å². The normalized spacial score (nSPS) is 18.6. The van der Waals surface area contributed by atoms with E-state index >= 15 is 0 Å². The topological polar surface area (TPSA) is 72.0 Å². The maximum atomic E-state index is 5.42. The number of nitrogens with two attached hydrogens (primary N) is 1. The summed E-state index contributed by atoms with van der Waals surface area (Å²) >= 11 is 0. The molecule has 0 saturated carbocycles. The standard InChI is InChI=1S/C8H16N6/c9-8-11-7-14(12-8)6-5-13-3-1-10-2-4-13/h7,10H,1-6H2,(H2,9,12). The number of aromatic nitrogens is 3. The molecule has 0 bridgehead atoms. The lowest BCUT2D eigenvalue weighted by molar-refractivity contribution is 0.229. The van der Waals surface area contributed by atoms with Crippen LogP contribution in [0.4, 0.5) is 5.95 Å². The predicted molar refractivity (Wildman–Crippen MR) is 53.7 cm³/mol. The van der Waals surface area contributed by atoms with Crippen LogP contribution in [0.25, 0.3) is 0 Å². The summed E-state index contributed by atoms with van der Waals surface area (Å²) in [6, 6.07) is 0. The van der Waals surface area contributed by atoms with E-state index in [-0.39, 0.29) is 0 Å². The summed E-state index contributed by atoms with van der Waals surface area (Å²) in [6.45, 7) is 6.28. The van der Waals surface area contributed by atoms with Crippen LogP contribution in [0.1, 0.15) is 0 Å². The molecule has 1 aliphatic heterocycles. The summed E-state index contributed by atoms with van der Waals surface area (Å²) in [7, 11) is 0. The van der Waals surface area contributed by atoms with E-state index < -0.39 is 0 Å². The predicted octanol–water partition coefficient (Wildman–Crippen LogP) is -1.23. The maximum absolute atomic E-state index is 5.42. The van der Waals surface area contributed by atoms with Crippen LogP contribution in [0.5, 0.6) is 0 Å². The molecule has 0 aromatic carbocycles. The van der Waals surface area contributed by atoms with E-state index in [0.717, 1.165) is 39.3 Å². The lowest BCUT2D eigenvalue weighted by atomic mass is 10.3. The molecule has 0 aliphatic carbocycles.